The maximum Gasteiger partial charge on any atom is 0.0591 e. The van der Waals surface area contributed by atoms with Gasteiger partial charge in [0.1, 0.15) is 0 Å². The Kier molecular flexibility index (Phi) is 4.12. The van der Waals surface area contributed by atoms with Gasteiger partial charge in [0.25, 0.3) is 0 Å². The Bertz CT molecular complexity index is 210. The van der Waals surface area contributed by atoms with E-state index in [9.17, 15) is 5.11 Å². The Balaban J connectivity index is 2.41. The van der Waals surface area contributed by atoms with Gasteiger partial charge in [-0.05, 0) is 18.4 Å². The molecule has 0 aliphatic rings. The van der Waals surface area contributed by atoms with Crippen LogP contribution in [0.3, 0.4) is 0 Å². The van der Waals surface area contributed by atoms with Gasteiger partial charge >= 0.3 is 0 Å². The van der Waals surface area contributed by atoms with Crippen molar-refractivity contribution < 1.29 is 5.11 Å². The van der Waals surface area contributed by atoms with Gasteiger partial charge in [0, 0.05) is 5.88 Å². The number of alkyl halides is 1. The van der Waals surface area contributed by atoms with Gasteiger partial charge in [0.05, 0.1) is 6.10 Å². The average molecular weight is 185 g/mol. The molecule has 0 bridgehead atoms. The third-order valence-corrected chi connectivity index (χ3v) is 1.97. The van der Waals surface area contributed by atoms with E-state index < -0.39 is 0 Å². The van der Waals surface area contributed by atoms with Crippen LogP contribution in [0.15, 0.2) is 30.3 Å². The molecule has 1 N–H and O–H groups in total. The van der Waals surface area contributed by atoms with Crippen molar-refractivity contribution in [2.24, 2.45) is 0 Å². The molecular weight excluding hydrogens is 172 g/mol. The predicted octanol–water partition coefficient (Wildman–Crippen LogP) is 2.22. The molecule has 0 fully saturated rings. The molecular formula is C10H13ClO. The molecule has 66 valence electrons. The first-order chi connectivity index (χ1) is 5.83. The zero-order valence-corrected chi connectivity index (χ0v) is 7.67. The van der Waals surface area contributed by atoms with Crippen molar-refractivity contribution >= 4 is 11.6 Å². The zero-order valence-electron chi connectivity index (χ0n) is 6.91. The molecule has 1 aromatic carbocycles. The molecule has 1 rings (SSSR count). The van der Waals surface area contributed by atoms with E-state index in [1.807, 2.05) is 30.3 Å². The Morgan fingerprint density at radius 3 is 2.50 bits per heavy atom. The fraction of sp³-hybridized carbons (Fsp3) is 0.400. The van der Waals surface area contributed by atoms with Crippen LogP contribution in [0.5, 0.6) is 0 Å². The Morgan fingerprint density at radius 1 is 1.25 bits per heavy atom. The van der Waals surface area contributed by atoms with Gasteiger partial charge in [0.2, 0.25) is 0 Å². The first-order valence-electron chi connectivity index (χ1n) is 4.11. The van der Waals surface area contributed by atoms with Gasteiger partial charge in [-0.3, -0.25) is 0 Å². The second-order valence-corrected chi connectivity index (χ2v) is 3.20. The smallest absolute Gasteiger partial charge is 0.0591 e. The lowest BCUT2D eigenvalue weighted by atomic mass is 10.1. The molecule has 0 unspecified atom stereocenters. The van der Waals surface area contributed by atoms with Crippen LogP contribution < -0.4 is 0 Å². The monoisotopic (exact) mass is 184 g/mol. The molecule has 0 aliphatic heterocycles. The molecule has 2 heteroatoms. The summed E-state index contributed by atoms with van der Waals surface area (Å²) < 4.78 is 0. The molecule has 0 aliphatic carbocycles. The van der Waals surface area contributed by atoms with Crippen LogP contribution in [0.1, 0.15) is 12.0 Å². The normalized spacial score (nSPS) is 12.8. The lowest BCUT2D eigenvalue weighted by molar-refractivity contribution is 0.172. The molecule has 0 radical (unpaired) electrons. The van der Waals surface area contributed by atoms with Gasteiger partial charge in [-0.1, -0.05) is 30.3 Å². The summed E-state index contributed by atoms with van der Waals surface area (Å²) in [6, 6.07) is 9.94. The van der Waals surface area contributed by atoms with Gasteiger partial charge in [-0.2, -0.15) is 0 Å². The zero-order chi connectivity index (χ0) is 8.81. The molecule has 0 amide bonds. The minimum absolute atomic E-state index is 0.301. The van der Waals surface area contributed by atoms with Crippen LogP contribution in [0.25, 0.3) is 0 Å². The van der Waals surface area contributed by atoms with Gasteiger partial charge in [0.15, 0.2) is 0 Å². The molecule has 0 saturated heterocycles. The fourth-order valence-corrected chi connectivity index (χ4v) is 1.37. The maximum absolute atomic E-state index is 9.42. The summed E-state index contributed by atoms with van der Waals surface area (Å²) in [7, 11) is 0. The second-order valence-electron chi connectivity index (χ2n) is 2.82. The molecule has 0 spiro atoms. The minimum atomic E-state index is -0.301. The highest BCUT2D eigenvalue weighted by atomic mass is 35.5. The van der Waals surface area contributed by atoms with Crippen molar-refractivity contribution in [3.8, 4) is 0 Å². The summed E-state index contributed by atoms with van der Waals surface area (Å²) in [6.45, 7) is 0. The number of hydrogen-bond donors (Lipinski definition) is 1. The van der Waals surface area contributed by atoms with E-state index in [-0.39, 0.29) is 6.10 Å². The maximum atomic E-state index is 9.42. The number of rotatable bonds is 4. The minimum Gasteiger partial charge on any atom is -0.393 e. The van der Waals surface area contributed by atoms with Crippen molar-refractivity contribution in [1.82, 2.24) is 0 Å². The summed E-state index contributed by atoms with van der Waals surface area (Å²) in [5.74, 6) is 0.522. The quantitative estimate of drug-likeness (QED) is 0.712. The summed E-state index contributed by atoms with van der Waals surface area (Å²) in [4.78, 5) is 0. The Labute approximate surface area is 78.0 Å². The summed E-state index contributed by atoms with van der Waals surface area (Å²) >= 11 is 5.50. The Hall–Kier alpha value is -0.530. The van der Waals surface area contributed by atoms with E-state index >= 15 is 0 Å². The number of benzene rings is 1. The lowest BCUT2D eigenvalue weighted by Crippen LogP contribution is -2.10. The summed E-state index contributed by atoms with van der Waals surface area (Å²) in [6.07, 6.45) is 1.06. The Morgan fingerprint density at radius 2 is 1.92 bits per heavy atom. The van der Waals surface area contributed by atoms with Crippen LogP contribution in [-0.2, 0) is 6.42 Å². The largest absolute Gasteiger partial charge is 0.393 e. The van der Waals surface area contributed by atoms with E-state index in [0.29, 0.717) is 18.7 Å². The summed E-state index contributed by atoms with van der Waals surface area (Å²) in [5, 5.41) is 9.42. The highest BCUT2D eigenvalue weighted by Crippen LogP contribution is 2.05. The second kappa shape index (κ2) is 5.18. The van der Waals surface area contributed by atoms with Crippen LogP contribution in [0.4, 0.5) is 0 Å². The van der Waals surface area contributed by atoms with E-state index in [2.05, 4.69) is 0 Å². The van der Waals surface area contributed by atoms with Crippen molar-refractivity contribution in [2.75, 3.05) is 5.88 Å². The fourth-order valence-electron chi connectivity index (χ4n) is 1.11. The summed E-state index contributed by atoms with van der Waals surface area (Å²) in [5.41, 5.74) is 1.16. The van der Waals surface area contributed by atoms with Crippen LogP contribution in [0, 0.1) is 0 Å². The number of aliphatic hydroxyl groups excluding tert-OH is 1. The SMILES string of the molecule is O[C@H](CCCl)Cc1ccccc1. The molecule has 12 heavy (non-hydrogen) atoms. The van der Waals surface area contributed by atoms with E-state index in [1.165, 1.54) is 0 Å². The molecule has 1 aromatic rings. The third kappa shape index (κ3) is 3.24. The van der Waals surface area contributed by atoms with Crippen LogP contribution >= 0.6 is 11.6 Å². The van der Waals surface area contributed by atoms with Gasteiger partial charge in [-0.15, -0.1) is 11.6 Å². The van der Waals surface area contributed by atoms with E-state index in [4.69, 9.17) is 11.6 Å². The molecule has 1 nitrogen and oxygen atoms in total. The third-order valence-electron chi connectivity index (χ3n) is 1.76. The topological polar surface area (TPSA) is 20.2 Å². The van der Waals surface area contributed by atoms with Crippen molar-refractivity contribution in [3.05, 3.63) is 35.9 Å². The first kappa shape index (κ1) is 9.56. The van der Waals surface area contributed by atoms with Crippen molar-refractivity contribution in [2.45, 2.75) is 18.9 Å². The number of aliphatic hydroxyl groups is 1. The standard InChI is InChI=1S/C10H13ClO/c11-7-6-10(12)8-9-4-2-1-3-5-9/h1-5,10,12H,6-8H2/t10-/m1/s1. The van der Waals surface area contributed by atoms with Gasteiger partial charge < -0.3 is 5.11 Å². The molecule has 0 saturated carbocycles. The van der Waals surface area contributed by atoms with Gasteiger partial charge in [-0.25, -0.2) is 0 Å². The number of hydrogen-bond acceptors (Lipinski definition) is 1. The molecule has 0 aromatic heterocycles. The number of halogens is 1. The van der Waals surface area contributed by atoms with Crippen molar-refractivity contribution in [3.63, 3.8) is 0 Å². The van der Waals surface area contributed by atoms with Crippen molar-refractivity contribution in [1.29, 1.82) is 0 Å². The predicted molar refractivity (Wildman–Crippen MR) is 51.5 cm³/mol. The van der Waals surface area contributed by atoms with E-state index in [1.54, 1.807) is 0 Å². The van der Waals surface area contributed by atoms with E-state index in [0.717, 1.165) is 5.56 Å². The van der Waals surface area contributed by atoms with Crippen LogP contribution in [0.2, 0.25) is 0 Å². The molecule has 0 heterocycles. The highest BCUT2D eigenvalue weighted by Gasteiger charge is 2.03. The van der Waals surface area contributed by atoms with Crippen LogP contribution in [-0.4, -0.2) is 17.1 Å². The lowest BCUT2D eigenvalue weighted by Gasteiger charge is -2.07. The highest BCUT2D eigenvalue weighted by molar-refractivity contribution is 6.17. The first-order valence-corrected chi connectivity index (χ1v) is 4.64. The average Bonchev–Trinajstić information content (AvgIpc) is 2.06. The molecule has 1 atom stereocenters.